The third-order valence-corrected chi connectivity index (χ3v) is 4.57. The Morgan fingerprint density at radius 2 is 1.64 bits per heavy atom. The fraction of sp³-hybridized carbons (Fsp3) is 0.333. The third kappa shape index (κ3) is 7.00. The molecule has 176 valence electrons. The lowest BCUT2D eigenvalue weighted by atomic mass is 10.2. The highest BCUT2D eigenvalue weighted by Gasteiger charge is 2.35. The number of rotatable bonds is 11. The standard InChI is InChI=1S/C24H27F3N4O2/c1-3-5-15-33-21-9-7-6-8-20(21)30-22-19(24(25,26)27)16-28-23(31-22)29-17-10-12-18(13-11-17)32-14-4-2/h6-13,16H,3-5,14-15H2,1-2H3,(H2,28,29,30,31). The summed E-state index contributed by atoms with van der Waals surface area (Å²) in [6.45, 7) is 5.12. The van der Waals surface area contributed by atoms with E-state index in [1.165, 1.54) is 0 Å². The van der Waals surface area contributed by atoms with E-state index < -0.39 is 11.7 Å². The number of ether oxygens (including phenoxy) is 2. The van der Waals surface area contributed by atoms with Gasteiger partial charge in [0.25, 0.3) is 0 Å². The molecule has 0 aliphatic rings. The Balaban J connectivity index is 1.84. The molecule has 3 aromatic rings. The number of unbranched alkanes of at least 4 members (excludes halogenated alkanes) is 1. The summed E-state index contributed by atoms with van der Waals surface area (Å²) in [6, 6.07) is 13.9. The molecule has 0 aliphatic heterocycles. The van der Waals surface area contributed by atoms with E-state index in [0.717, 1.165) is 25.5 Å². The summed E-state index contributed by atoms with van der Waals surface area (Å²) < 4.78 is 52.1. The van der Waals surface area contributed by atoms with Crippen LogP contribution in [-0.2, 0) is 6.18 Å². The van der Waals surface area contributed by atoms with E-state index in [-0.39, 0.29) is 11.8 Å². The van der Waals surface area contributed by atoms with Gasteiger partial charge in [-0.3, -0.25) is 0 Å². The average Bonchev–Trinajstić information content (AvgIpc) is 2.79. The first-order valence-corrected chi connectivity index (χ1v) is 10.8. The van der Waals surface area contributed by atoms with Crippen LogP contribution in [0.4, 0.5) is 36.3 Å². The summed E-state index contributed by atoms with van der Waals surface area (Å²) in [5.41, 5.74) is 0.0359. The number of aromatic nitrogens is 2. The molecule has 0 unspecified atom stereocenters. The molecule has 9 heteroatoms. The predicted octanol–water partition coefficient (Wildman–Crippen LogP) is 6.95. The van der Waals surface area contributed by atoms with E-state index >= 15 is 0 Å². The largest absolute Gasteiger partial charge is 0.494 e. The number of nitrogens with zero attached hydrogens (tertiary/aromatic N) is 2. The van der Waals surface area contributed by atoms with Crippen LogP contribution in [0, 0.1) is 0 Å². The molecule has 2 aromatic carbocycles. The molecule has 3 rings (SSSR count). The molecule has 0 saturated heterocycles. The van der Waals surface area contributed by atoms with Gasteiger partial charge in [-0.05, 0) is 49.2 Å². The van der Waals surface area contributed by atoms with Crippen LogP contribution in [0.15, 0.2) is 54.7 Å². The molecule has 33 heavy (non-hydrogen) atoms. The minimum absolute atomic E-state index is 0.0251. The van der Waals surface area contributed by atoms with E-state index in [0.29, 0.717) is 36.1 Å². The topological polar surface area (TPSA) is 68.3 Å². The maximum Gasteiger partial charge on any atom is 0.421 e. The van der Waals surface area contributed by atoms with Gasteiger partial charge in [0.15, 0.2) is 0 Å². The van der Waals surface area contributed by atoms with Crippen LogP contribution in [-0.4, -0.2) is 23.2 Å². The summed E-state index contributed by atoms with van der Waals surface area (Å²) in [7, 11) is 0. The second-order valence-corrected chi connectivity index (χ2v) is 7.27. The molecule has 0 amide bonds. The van der Waals surface area contributed by atoms with Gasteiger partial charge in [-0.25, -0.2) is 4.98 Å². The highest BCUT2D eigenvalue weighted by Crippen LogP contribution is 2.37. The first kappa shape index (κ1) is 24.2. The lowest BCUT2D eigenvalue weighted by Gasteiger charge is -2.17. The number of hydrogen-bond donors (Lipinski definition) is 2. The highest BCUT2D eigenvalue weighted by molar-refractivity contribution is 5.67. The Bertz CT molecular complexity index is 1030. The van der Waals surface area contributed by atoms with Crippen LogP contribution in [0.2, 0.25) is 0 Å². The zero-order chi connectivity index (χ0) is 23.7. The van der Waals surface area contributed by atoms with Gasteiger partial charge in [0.1, 0.15) is 22.9 Å². The smallest absolute Gasteiger partial charge is 0.421 e. The zero-order valence-corrected chi connectivity index (χ0v) is 18.6. The maximum absolute atomic E-state index is 13.6. The molecular formula is C24H27F3N4O2. The molecule has 6 nitrogen and oxygen atoms in total. The molecule has 0 bridgehead atoms. The van der Waals surface area contributed by atoms with Gasteiger partial charge in [-0.2, -0.15) is 18.2 Å². The summed E-state index contributed by atoms with van der Waals surface area (Å²) in [5, 5.41) is 5.71. The van der Waals surface area contributed by atoms with Gasteiger partial charge >= 0.3 is 6.18 Å². The van der Waals surface area contributed by atoms with Crippen molar-refractivity contribution in [3.63, 3.8) is 0 Å². The summed E-state index contributed by atoms with van der Waals surface area (Å²) in [6.07, 6.45) is -1.19. The second kappa shape index (κ2) is 11.4. The SMILES string of the molecule is CCCCOc1ccccc1Nc1nc(Nc2ccc(OCCC)cc2)ncc1C(F)(F)F. The number of alkyl halides is 3. The van der Waals surface area contributed by atoms with Crippen LogP contribution in [0.1, 0.15) is 38.7 Å². The summed E-state index contributed by atoms with van der Waals surface area (Å²) in [5.74, 6) is 0.819. The molecule has 0 fully saturated rings. The number of nitrogens with one attached hydrogen (secondary N) is 2. The van der Waals surface area contributed by atoms with Crippen molar-refractivity contribution in [1.82, 2.24) is 9.97 Å². The molecular weight excluding hydrogens is 433 g/mol. The van der Waals surface area contributed by atoms with Crippen molar-refractivity contribution in [1.29, 1.82) is 0 Å². The maximum atomic E-state index is 13.6. The van der Waals surface area contributed by atoms with Crippen molar-refractivity contribution in [3.8, 4) is 11.5 Å². The Kier molecular flexibility index (Phi) is 8.34. The molecule has 0 atom stereocenters. The van der Waals surface area contributed by atoms with Gasteiger partial charge in [0.2, 0.25) is 5.95 Å². The monoisotopic (exact) mass is 460 g/mol. The molecule has 1 aromatic heterocycles. The zero-order valence-electron chi connectivity index (χ0n) is 18.6. The third-order valence-electron chi connectivity index (χ3n) is 4.57. The summed E-state index contributed by atoms with van der Waals surface area (Å²) in [4.78, 5) is 7.95. The highest BCUT2D eigenvalue weighted by atomic mass is 19.4. The fourth-order valence-corrected chi connectivity index (χ4v) is 2.88. The van der Waals surface area contributed by atoms with Crippen LogP contribution >= 0.6 is 0 Å². The second-order valence-electron chi connectivity index (χ2n) is 7.27. The molecule has 0 spiro atoms. The number of benzene rings is 2. The number of hydrogen-bond acceptors (Lipinski definition) is 6. The Labute approximate surface area is 191 Å². The van der Waals surface area contributed by atoms with Gasteiger partial charge < -0.3 is 20.1 Å². The van der Waals surface area contributed by atoms with Crippen molar-refractivity contribution in [2.45, 2.75) is 39.3 Å². The van der Waals surface area contributed by atoms with Crippen LogP contribution in [0.25, 0.3) is 0 Å². The van der Waals surface area contributed by atoms with Crippen molar-refractivity contribution in [2.24, 2.45) is 0 Å². The quantitative estimate of drug-likeness (QED) is 0.302. The van der Waals surface area contributed by atoms with Crippen molar-refractivity contribution in [2.75, 3.05) is 23.8 Å². The van der Waals surface area contributed by atoms with Gasteiger partial charge in [-0.15, -0.1) is 0 Å². The molecule has 0 radical (unpaired) electrons. The Morgan fingerprint density at radius 3 is 2.33 bits per heavy atom. The lowest BCUT2D eigenvalue weighted by molar-refractivity contribution is -0.137. The number of anilines is 4. The minimum atomic E-state index is -4.63. The average molecular weight is 461 g/mol. The molecule has 0 aliphatic carbocycles. The van der Waals surface area contributed by atoms with Crippen LogP contribution in [0.3, 0.4) is 0 Å². The molecule has 2 N–H and O–H groups in total. The van der Waals surface area contributed by atoms with Crippen LogP contribution in [0.5, 0.6) is 11.5 Å². The van der Waals surface area contributed by atoms with E-state index in [1.54, 1.807) is 48.5 Å². The van der Waals surface area contributed by atoms with Gasteiger partial charge in [0, 0.05) is 11.9 Å². The first-order chi connectivity index (χ1) is 15.9. The van der Waals surface area contributed by atoms with Crippen molar-refractivity contribution in [3.05, 3.63) is 60.3 Å². The first-order valence-electron chi connectivity index (χ1n) is 10.8. The number of halogens is 3. The molecule has 1 heterocycles. The predicted molar refractivity (Wildman–Crippen MR) is 123 cm³/mol. The Morgan fingerprint density at radius 1 is 0.879 bits per heavy atom. The van der Waals surface area contributed by atoms with E-state index in [2.05, 4.69) is 20.6 Å². The Hall–Kier alpha value is -3.49. The van der Waals surface area contributed by atoms with E-state index in [4.69, 9.17) is 9.47 Å². The van der Waals surface area contributed by atoms with E-state index in [1.807, 2.05) is 13.8 Å². The fourth-order valence-electron chi connectivity index (χ4n) is 2.88. The van der Waals surface area contributed by atoms with Crippen molar-refractivity contribution >= 4 is 23.1 Å². The minimum Gasteiger partial charge on any atom is -0.494 e. The van der Waals surface area contributed by atoms with Gasteiger partial charge in [0.05, 0.1) is 18.9 Å². The number of para-hydroxylation sites is 2. The summed E-state index contributed by atoms with van der Waals surface area (Å²) >= 11 is 0. The van der Waals surface area contributed by atoms with Crippen LogP contribution < -0.4 is 20.1 Å². The van der Waals surface area contributed by atoms with Gasteiger partial charge in [-0.1, -0.05) is 32.4 Å². The normalized spacial score (nSPS) is 11.2. The lowest BCUT2D eigenvalue weighted by Crippen LogP contribution is -2.13. The van der Waals surface area contributed by atoms with Crippen molar-refractivity contribution < 1.29 is 22.6 Å². The van der Waals surface area contributed by atoms with E-state index in [9.17, 15) is 13.2 Å². The molecule has 0 saturated carbocycles.